The van der Waals surface area contributed by atoms with Crippen LogP contribution in [0.5, 0.6) is 11.5 Å². The summed E-state index contributed by atoms with van der Waals surface area (Å²) in [7, 11) is 0. The topological polar surface area (TPSA) is 156 Å². The highest BCUT2D eigenvalue weighted by molar-refractivity contribution is 5.99. The van der Waals surface area contributed by atoms with Crippen molar-refractivity contribution >= 4 is 34.3 Å². The van der Waals surface area contributed by atoms with Gasteiger partial charge in [0, 0.05) is 5.69 Å². The molecule has 0 aliphatic carbocycles. The zero-order valence-corrected chi connectivity index (χ0v) is 21.2. The minimum absolute atomic E-state index is 0.335. The molecular formula is C30H24N6O4. The second-order valence-electron chi connectivity index (χ2n) is 8.62. The van der Waals surface area contributed by atoms with Crippen LogP contribution in [-0.4, -0.2) is 30.9 Å². The summed E-state index contributed by atoms with van der Waals surface area (Å²) >= 11 is 0. The van der Waals surface area contributed by atoms with Gasteiger partial charge in [0.25, 0.3) is 5.91 Å². The van der Waals surface area contributed by atoms with Gasteiger partial charge in [-0.05, 0) is 58.8 Å². The number of fused-ring (bicyclic) bond motifs is 1. The third-order valence-electron chi connectivity index (χ3n) is 5.99. The molecule has 0 fully saturated rings. The SMILES string of the molecule is N#CCNC(=O)C(CNC(=O)C#N)(NC(=O)Nc1ccc(Oc2ccccc2)cc1)c1ccc2ccccc2c1. The molecule has 1 atom stereocenters. The summed E-state index contributed by atoms with van der Waals surface area (Å²) in [6.07, 6.45) is 0. The number of para-hydroxylation sites is 1. The van der Waals surface area contributed by atoms with E-state index < -0.39 is 29.9 Å². The highest BCUT2D eigenvalue weighted by atomic mass is 16.5. The monoisotopic (exact) mass is 532 g/mol. The third-order valence-corrected chi connectivity index (χ3v) is 5.99. The van der Waals surface area contributed by atoms with E-state index in [0.29, 0.717) is 22.7 Å². The fourth-order valence-electron chi connectivity index (χ4n) is 4.05. The lowest BCUT2D eigenvalue weighted by Crippen LogP contribution is -2.62. The Bertz CT molecular complexity index is 1610. The molecule has 10 heteroatoms. The quantitative estimate of drug-likeness (QED) is 0.189. The molecule has 1 unspecified atom stereocenters. The van der Waals surface area contributed by atoms with Crippen LogP contribution in [0.25, 0.3) is 10.8 Å². The lowest BCUT2D eigenvalue weighted by molar-refractivity contribution is -0.127. The van der Waals surface area contributed by atoms with Crippen LogP contribution in [0.2, 0.25) is 0 Å². The molecule has 0 bridgehead atoms. The average molecular weight is 533 g/mol. The largest absolute Gasteiger partial charge is 0.457 e. The number of carbonyl (C=O) groups is 3. The lowest BCUT2D eigenvalue weighted by atomic mass is 9.87. The van der Waals surface area contributed by atoms with E-state index in [-0.39, 0.29) is 6.54 Å². The van der Waals surface area contributed by atoms with Crippen LogP contribution in [0.1, 0.15) is 5.56 Å². The van der Waals surface area contributed by atoms with Crippen LogP contribution in [0.3, 0.4) is 0 Å². The fraction of sp³-hybridized carbons (Fsp3) is 0.100. The summed E-state index contributed by atoms with van der Waals surface area (Å²) in [6, 6.07) is 30.9. The van der Waals surface area contributed by atoms with Crippen molar-refractivity contribution in [3.8, 4) is 23.6 Å². The van der Waals surface area contributed by atoms with Crippen molar-refractivity contribution < 1.29 is 19.1 Å². The number of nitrogens with zero attached hydrogens (tertiary/aromatic N) is 2. The molecule has 0 aromatic heterocycles. The van der Waals surface area contributed by atoms with Crippen molar-refractivity contribution in [3.63, 3.8) is 0 Å². The number of carbonyl (C=O) groups excluding carboxylic acids is 3. The molecule has 4 aromatic carbocycles. The first-order valence-electron chi connectivity index (χ1n) is 12.2. The first-order chi connectivity index (χ1) is 19.4. The molecule has 10 nitrogen and oxygen atoms in total. The maximum atomic E-state index is 13.5. The van der Waals surface area contributed by atoms with E-state index in [1.165, 1.54) is 6.07 Å². The van der Waals surface area contributed by atoms with Gasteiger partial charge in [-0.2, -0.15) is 10.5 Å². The van der Waals surface area contributed by atoms with Gasteiger partial charge in [0.2, 0.25) is 0 Å². The number of rotatable bonds is 9. The molecule has 0 aliphatic heterocycles. The van der Waals surface area contributed by atoms with E-state index in [2.05, 4.69) is 21.3 Å². The average Bonchev–Trinajstić information content (AvgIpc) is 2.99. The van der Waals surface area contributed by atoms with Gasteiger partial charge in [0.05, 0.1) is 12.6 Å². The number of urea groups is 1. The number of nitrogens with one attached hydrogen (secondary N) is 4. The first kappa shape index (κ1) is 27.2. The number of amides is 4. The molecule has 0 saturated carbocycles. The maximum Gasteiger partial charge on any atom is 0.322 e. The van der Waals surface area contributed by atoms with E-state index in [4.69, 9.17) is 15.3 Å². The number of nitriles is 2. The van der Waals surface area contributed by atoms with Gasteiger partial charge < -0.3 is 26.0 Å². The normalized spacial score (nSPS) is 11.7. The van der Waals surface area contributed by atoms with Gasteiger partial charge in [0.15, 0.2) is 11.6 Å². The molecular weight excluding hydrogens is 508 g/mol. The third kappa shape index (κ3) is 6.52. The second-order valence-corrected chi connectivity index (χ2v) is 8.62. The van der Waals surface area contributed by atoms with Crippen LogP contribution < -0.4 is 26.0 Å². The van der Waals surface area contributed by atoms with E-state index in [9.17, 15) is 14.4 Å². The molecule has 0 heterocycles. The van der Waals surface area contributed by atoms with E-state index in [0.717, 1.165) is 10.8 Å². The van der Waals surface area contributed by atoms with Crippen LogP contribution >= 0.6 is 0 Å². The summed E-state index contributed by atoms with van der Waals surface area (Å²) in [5, 5.41) is 29.9. The van der Waals surface area contributed by atoms with Crippen LogP contribution in [0, 0.1) is 22.7 Å². The molecule has 0 aliphatic rings. The van der Waals surface area contributed by atoms with Gasteiger partial charge in [-0.1, -0.05) is 54.6 Å². The summed E-state index contributed by atoms with van der Waals surface area (Å²) in [6.45, 7) is -0.793. The van der Waals surface area contributed by atoms with Crippen molar-refractivity contribution in [2.45, 2.75) is 5.54 Å². The predicted molar refractivity (Wildman–Crippen MR) is 148 cm³/mol. The fourth-order valence-corrected chi connectivity index (χ4v) is 4.05. The molecule has 4 N–H and O–H groups in total. The summed E-state index contributed by atoms with van der Waals surface area (Å²) in [5.41, 5.74) is -1.13. The summed E-state index contributed by atoms with van der Waals surface area (Å²) in [5.74, 6) is -0.527. The predicted octanol–water partition coefficient (Wildman–Crippen LogP) is 3.93. The first-order valence-corrected chi connectivity index (χ1v) is 12.2. The Balaban J connectivity index is 1.63. The van der Waals surface area contributed by atoms with Crippen molar-refractivity contribution in [1.29, 1.82) is 10.5 Å². The van der Waals surface area contributed by atoms with Gasteiger partial charge in [0.1, 0.15) is 18.0 Å². The van der Waals surface area contributed by atoms with Crippen molar-refractivity contribution in [2.24, 2.45) is 0 Å². The molecule has 0 radical (unpaired) electrons. The van der Waals surface area contributed by atoms with Gasteiger partial charge in [-0.15, -0.1) is 0 Å². The zero-order valence-electron chi connectivity index (χ0n) is 21.2. The molecule has 0 saturated heterocycles. The zero-order chi connectivity index (χ0) is 28.4. The lowest BCUT2D eigenvalue weighted by Gasteiger charge is -2.34. The minimum Gasteiger partial charge on any atom is -0.457 e. The van der Waals surface area contributed by atoms with Gasteiger partial charge in [-0.25, -0.2) is 4.79 Å². The number of hydrogen-bond acceptors (Lipinski definition) is 6. The number of benzene rings is 4. The Hall–Kier alpha value is -5.87. The number of anilines is 1. The summed E-state index contributed by atoms with van der Waals surface area (Å²) in [4.78, 5) is 38.7. The van der Waals surface area contributed by atoms with Crippen LogP contribution in [-0.2, 0) is 15.1 Å². The number of ether oxygens (including phenoxy) is 1. The van der Waals surface area contributed by atoms with Crippen molar-refractivity contribution in [2.75, 3.05) is 18.4 Å². The van der Waals surface area contributed by atoms with Gasteiger partial charge >= 0.3 is 11.9 Å². The van der Waals surface area contributed by atoms with E-state index in [1.807, 2.05) is 60.7 Å². The Labute approximate surface area is 230 Å². The van der Waals surface area contributed by atoms with Crippen molar-refractivity contribution in [3.05, 3.63) is 103 Å². The Morgan fingerprint density at radius 2 is 1.45 bits per heavy atom. The molecule has 40 heavy (non-hydrogen) atoms. The standard InChI is InChI=1S/C30H24N6O4/c31-16-17-33-28(38)30(20-34-27(37)19-32,23-11-10-21-6-4-5-7-22(21)18-23)36-29(39)35-24-12-14-26(15-13-24)40-25-8-2-1-3-9-25/h1-15,18H,17,20H2,(H,33,38)(H,34,37)(H2,35,36,39). The minimum atomic E-state index is -1.87. The molecule has 4 aromatic rings. The Kier molecular flexibility index (Phi) is 8.55. The Morgan fingerprint density at radius 1 is 0.775 bits per heavy atom. The highest BCUT2D eigenvalue weighted by Gasteiger charge is 2.42. The maximum absolute atomic E-state index is 13.5. The van der Waals surface area contributed by atoms with Crippen LogP contribution in [0.15, 0.2) is 97.1 Å². The van der Waals surface area contributed by atoms with E-state index >= 15 is 0 Å². The molecule has 198 valence electrons. The summed E-state index contributed by atoms with van der Waals surface area (Å²) < 4.78 is 5.77. The highest BCUT2D eigenvalue weighted by Crippen LogP contribution is 2.27. The van der Waals surface area contributed by atoms with Crippen LogP contribution in [0.4, 0.5) is 10.5 Å². The smallest absolute Gasteiger partial charge is 0.322 e. The van der Waals surface area contributed by atoms with Gasteiger partial charge in [-0.3, -0.25) is 9.59 Å². The molecule has 4 rings (SSSR count). The second kappa shape index (κ2) is 12.6. The molecule has 0 spiro atoms. The number of hydrogen-bond donors (Lipinski definition) is 4. The van der Waals surface area contributed by atoms with Crippen molar-refractivity contribution in [1.82, 2.24) is 16.0 Å². The Morgan fingerprint density at radius 3 is 2.15 bits per heavy atom. The molecule has 4 amide bonds. The van der Waals surface area contributed by atoms with E-state index in [1.54, 1.807) is 42.5 Å².